The van der Waals surface area contributed by atoms with Gasteiger partial charge in [-0.05, 0) is 37.3 Å². The lowest BCUT2D eigenvalue weighted by Crippen LogP contribution is -2.40. The first-order valence-electron chi connectivity index (χ1n) is 9.97. The van der Waals surface area contributed by atoms with E-state index in [1.165, 1.54) is 30.3 Å². The van der Waals surface area contributed by atoms with Gasteiger partial charge >= 0.3 is 17.8 Å². The first kappa shape index (κ1) is 22.9. The number of thiophene rings is 1. The minimum Gasteiger partial charge on any atom is -0.462 e. The first-order valence-corrected chi connectivity index (χ1v) is 12.3. The number of hydrogen-bond acceptors (Lipinski definition) is 10. The van der Waals surface area contributed by atoms with E-state index in [1.54, 1.807) is 17.2 Å². The van der Waals surface area contributed by atoms with E-state index < -0.39 is 21.9 Å². The number of morpholine rings is 1. The Kier molecular flexibility index (Phi) is 6.72. The molecule has 0 saturated carbocycles. The third kappa shape index (κ3) is 5.21. The fourth-order valence-corrected chi connectivity index (χ4v) is 5.21. The standard InChI is InChI=1S/C20H20N4O7S2/c1-2-30-20(26)13-3-5-15(6-4-13)23-33(27,28)16-11-14(12-32-16)17-21-18(31-22-17)19(25)24-7-9-29-10-8-24/h3-6,11-12,23H,2,7-10H2,1H3. The second-order valence-corrected chi connectivity index (χ2v) is 9.71. The lowest BCUT2D eigenvalue weighted by molar-refractivity contribution is 0.0272. The largest absolute Gasteiger partial charge is 0.462 e. The summed E-state index contributed by atoms with van der Waals surface area (Å²) in [5.74, 6) is -0.931. The zero-order valence-electron chi connectivity index (χ0n) is 17.5. The summed E-state index contributed by atoms with van der Waals surface area (Å²) < 4.78 is 43.2. The summed E-state index contributed by atoms with van der Waals surface area (Å²) >= 11 is 0.973. The summed E-state index contributed by atoms with van der Waals surface area (Å²) in [5.41, 5.74) is 1.01. The lowest BCUT2D eigenvalue weighted by Gasteiger charge is -2.25. The Bertz CT molecular complexity index is 1250. The number of rotatable bonds is 7. The van der Waals surface area contributed by atoms with E-state index in [-0.39, 0.29) is 28.2 Å². The van der Waals surface area contributed by atoms with Crippen molar-refractivity contribution in [2.45, 2.75) is 11.1 Å². The number of hydrogen-bond donors (Lipinski definition) is 1. The van der Waals surface area contributed by atoms with E-state index >= 15 is 0 Å². The smallest absolute Gasteiger partial charge is 0.338 e. The molecule has 174 valence electrons. The number of aromatic nitrogens is 2. The van der Waals surface area contributed by atoms with Crippen LogP contribution in [0.2, 0.25) is 0 Å². The van der Waals surface area contributed by atoms with Crippen LogP contribution >= 0.6 is 11.3 Å². The summed E-state index contributed by atoms with van der Waals surface area (Å²) in [4.78, 5) is 29.9. The molecule has 33 heavy (non-hydrogen) atoms. The van der Waals surface area contributed by atoms with Crippen LogP contribution < -0.4 is 4.72 Å². The molecule has 4 rings (SSSR count). The first-order chi connectivity index (χ1) is 15.9. The molecule has 0 bridgehead atoms. The van der Waals surface area contributed by atoms with Crippen LogP contribution in [0.25, 0.3) is 11.4 Å². The van der Waals surface area contributed by atoms with Crippen molar-refractivity contribution in [3.63, 3.8) is 0 Å². The van der Waals surface area contributed by atoms with Gasteiger partial charge in [0.2, 0.25) is 5.82 Å². The molecule has 1 saturated heterocycles. The zero-order chi connectivity index (χ0) is 23.4. The van der Waals surface area contributed by atoms with Crippen LogP contribution in [-0.2, 0) is 19.5 Å². The Morgan fingerprint density at radius 3 is 2.64 bits per heavy atom. The minimum atomic E-state index is -3.89. The molecular formula is C20H20N4O7S2. The molecule has 2 aromatic heterocycles. The molecule has 1 aromatic carbocycles. The van der Waals surface area contributed by atoms with Crippen LogP contribution in [-0.4, -0.2) is 68.2 Å². The Morgan fingerprint density at radius 2 is 1.94 bits per heavy atom. The quantitative estimate of drug-likeness (QED) is 0.492. The number of ether oxygens (including phenoxy) is 2. The van der Waals surface area contributed by atoms with Crippen molar-refractivity contribution in [1.82, 2.24) is 15.0 Å². The van der Waals surface area contributed by atoms with Gasteiger partial charge in [0.05, 0.1) is 25.4 Å². The number of esters is 1. The third-order valence-electron chi connectivity index (χ3n) is 4.65. The summed E-state index contributed by atoms with van der Waals surface area (Å²) in [6.07, 6.45) is 0. The number of amides is 1. The van der Waals surface area contributed by atoms with Gasteiger partial charge in [0, 0.05) is 29.7 Å². The van der Waals surface area contributed by atoms with Gasteiger partial charge in [-0.3, -0.25) is 9.52 Å². The molecule has 13 heteroatoms. The van der Waals surface area contributed by atoms with Gasteiger partial charge in [-0.1, -0.05) is 5.16 Å². The van der Waals surface area contributed by atoms with Crippen molar-refractivity contribution < 1.29 is 32.0 Å². The van der Waals surface area contributed by atoms with E-state index in [4.69, 9.17) is 14.0 Å². The number of carbonyl (C=O) groups excluding carboxylic acids is 2. The molecule has 1 amide bonds. The van der Waals surface area contributed by atoms with Crippen molar-refractivity contribution in [2.75, 3.05) is 37.6 Å². The van der Waals surface area contributed by atoms with Crippen molar-refractivity contribution in [3.05, 3.63) is 47.2 Å². The summed E-state index contributed by atoms with van der Waals surface area (Å²) in [7, 11) is -3.89. The van der Waals surface area contributed by atoms with Crippen LogP contribution in [0.3, 0.4) is 0 Å². The average molecular weight is 493 g/mol. The van der Waals surface area contributed by atoms with Crippen LogP contribution in [0.1, 0.15) is 28.0 Å². The maximum absolute atomic E-state index is 12.8. The summed E-state index contributed by atoms with van der Waals surface area (Å²) in [6, 6.07) is 7.29. The van der Waals surface area contributed by atoms with E-state index in [1.807, 2.05) is 0 Å². The van der Waals surface area contributed by atoms with E-state index in [2.05, 4.69) is 14.9 Å². The zero-order valence-corrected chi connectivity index (χ0v) is 19.1. The molecule has 1 N–H and O–H groups in total. The van der Waals surface area contributed by atoms with Crippen molar-refractivity contribution in [2.24, 2.45) is 0 Å². The fourth-order valence-electron chi connectivity index (χ4n) is 3.00. The van der Waals surface area contributed by atoms with Crippen LogP contribution in [0.15, 0.2) is 44.4 Å². The molecule has 0 radical (unpaired) electrons. The lowest BCUT2D eigenvalue weighted by atomic mass is 10.2. The third-order valence-corrected chi connectivity index (χ3v) is 7.47. The monoisotopic (exact) mass is 492 g/mol. The molecule has 0 atom stereocenters. The number of carbonyl (C=O) groups is 2. The fraction of sp³-hybridized carbons (Fsp3) is 0.300. The number of sulfonamides is 1. The predicted octanol–water partition coefficient (Wildman–Crippen LogP) is 2.25. The van der Waals surface area contributed by atoms with E-state index in [0.29, 0.717) is 37.4 Å². The maximum atomic E-state index is 12.8. The molecule has 1 aliphatic heterocycles. The van der Waals surface area contributed by atoms with Gasteiger partial charge in [-0.25, -0.2) is 13.2 Å². The Balaban J connectivity index is 1.46. The number of anilines is 1. The van der Waals surface area contributed by atoms with Gasteiger partial charge in [0.25, 0.3) is 10.0 Å². The van der Waals surface area contributed by atoms with Gasteiger partial charge in [-0.15, -0.1) is 11.3 Å². The predicted molar refractivity (Wildman–Crippen MR) is 118 cm³/mol. The van der Waals surface area contributed by atoms with Crippen molar-refractivity contribution >= 4 is 38.9 Å². The molecule has 0 unspecified atom stereocenters. The summed E-state index contributed by atoms with van der Waals surface area (Å²) in [6.45, 7) is 3.70. The molecule has 1 fully saturated rings. The topological polar surface area (TPSA) is 141 Å². The van der Waals surface area contributed by atoms with Gasteiger partial charge in [0.15, 0.2) is 0 Å². The highest BCUT2D eigenvalue weighted by atomic mass is 32.2. The Morgan fingerprint density at radius 1 is 1.21 bits per heavy atom. The summed E-state index contributed by atoms with van der Waals surface area (Å²) in [5, 5.41) is 5.37. The molecule has 1 aliphatic rings. The van der Waals surface area contributed by atoms with Crippen molar-refractivity contribution in [3.8, 4) is 11.4 Å². The highest BCUT2D eigenvalue weighted by Gasteiger charge is 2.25. The molecule has 3 heterocycles. The van der Waals surface area contributed by atoms with Gasteiger partial charge in [-0.2, -0.15) is 4.98 Å². The second kappa shape index (κ2) is 9.68. The highest BCUT2D eigenvalue weighted by molar-refractivity contribution is 7.94. The van der Waals surface area contributed by atoms with Crippen molar-refractivity contribution in [1.29, 1.82) is 0 Å². The second-order valence-electron chi connectivity index (χ2n) is 6.89. The van der Waals surface area contributed by atoms with Crippen LogP contribution in [0, 0.1) is 0 Å². The van der Waals surface area contributed by atoms with Crippen LogP contribution in [0.5, 0.6) is 0 Å². The minimum absolute atomic E-state index is 0.0258. The Labute approximate surface area is 193 Å². The molecule has 3 aromatic rings. The average Bonchev–Trinajstić information content (AvgIpc) is 3.50. The van der Waals surface area contributed by atoms with E-state index in [0.717, 1.165) is 11.3 Å². The Hall–Kier alpha value is -3.29. The molecule has 0 spiro atoms. The number of nitrogens with one attached hydrogen (secondary N) is 1. The maximum Gasteiger partial charge on any atom is 0.338 e. The highest BCUT2D eigenvalue weighted by Crippen LogP contribution is 2.28. The molecule has 0 aliphatic carbocycles. The van der Waals surface area contributed by atoms with Gasteiger partial charge in [0.1, 0.15) is 4.21 Å². The number of nitrogens with zero attached hydrogens (tertiary/aromatic N) is 3. The molecular weight excluding hydrogens is 472 g/mol. The van der Waals surface area contributed by atoms with Crippen LogP contribution in [0.4, 0.5) is 5.69 Å². The van der Waals surface area contributed by atoms with E-state index in [9.17, 15) is 18.0 Å². The SMILES string of the molecule is CCOC(=O)c1ccc(NS(=O)(=O)c2cc(-c3noc(C(=O)N4CCOCC4)n3)cs2)cc1. The van der Waals surface area contributed by atoms with Gasteiger partial charge < -0.3 is 18.9 Å². The molecule has 11 nitrogen and oxygen atoms in total. The normalized spacial score (nSPS) is 14.2. The number of benzene rings is 1.